The molecular weight excluding hydrogens is 611 g/mol. The Balaban J connectivity index is 4.31. The largest absolute Gasteiger partial charge is 0.469 e. The van der Waals surface area contributed by atoms with E-state index in [4.69, 9.17) is 19.3 Å². The molecule has 4 N–H and O–H groups in total. The van der Waals surface area contributed by atoms with E-state index in [1.54, 1.807) is 18.2 Å². The van der Waals surface area contributed by atoms with Gasteiger partial charge in [-0.25, -0.2) is 4.57 Å². The molecule has 0 aliphatic rings. The fourth-order valence-corrected chi connectivity index (χ4v) is 4.77. The minimum atomic E-state index is -4.81. The van der Waals surface area contributed by atoms with Crippen molar-refractivity contribution >= 4 is 19.8 Å². The number of phosphoric acid groups is 1. The van der Waals surface area contributed by atoms with E-state index in [2.05, 4.69) is 18.4 Å². The highest BCUT2D eigenvalue weighted by atomic mass is 31.2. The molecule has 0 saturated heterocycles. The van der Waals surface area contributed by atoms with Gasteiger partial charge in [0, 0.05) is 12.8 Å². The Kier molecular flexibility index (Phi) is 28.9. The Morgan fingerprint density at radius 2 is 1.15 bits per heavy atom. The third-order valence-corrected chi connectivity index (χ3v) is 7.54. The van der Waals surface area contributed by atoms with Crippen LogP contribution in [0.4, 0.5) is 0 Å². The van der Waals surface area contributed by atoms with Gasteiger partial charge in [-0.15, -0.1) is 0 Å². The molecule has 10 nitrogen and oxygen atoms in total. The molecule has 0 amide bonds. The summed E-state index contributed by atoms with van der Waals surface area (Å²) in [4.78, 5) is 42.5. The van der Waals surface area contributed by atoms with Gasteiger partial charge in [0.05, 0.1) is 18.8 Å². The lowest BCUT2D eigenvalue weighted by atomic mass is 10.1. The number of rotatable bonds is 30. The van der Waals surface area contributed by atoms with Crippen molar-refractivity contribution in [2.45, 2.75) is 148 Å². The average molecular weight is 673 g/mol. The molecule has 0 aliphatic carbocycles. The predicted octanol–water partition coefficient (Wildman–Crippen LogP) is 7.56. The van der Waals surface area contributed by atoms with E-state index in [0.717, 1.165) is 44.9 Å². The van der Waals surface area contributed by atoms with Crippen LogP contribution in [0.25, 0.3) is 0 Å². The molecular formula is C35H61O10P. The summed E-state index contributed by atoms with van der Waals surface area (Å²) < 4.78 is 26.0. The number of ether oxygens (including phenoxy) is 2. The highest BCUT2D eigenvalue weighted by Gasteiger charge is 2.23. The van der Waals surface area contributed by atoms with E-state index in [1.807, 2.05) is 30.4 Å². The van der Waals surface area contributed by atoms with Crippen molar-refractivity contribution in [3.8, 4) is 0 Å². The van der Waals surface area contributed by atoms with Gasteiger partial charge in [0.25, 0.3) is 0 Å². The van der Waals surface area contributed by atoms with Crippen molar-refractivity contribution in [1.29, 1.82) is 0 Å². The molecule has 266 valence electrons. The van der Waals surface area contributed by atoms with E-state index < -0.39 is 44.7 Å². The van der Waals surface area contributed by atoms with Gasteiger partial charge < -0.3 is 29.5 Å². The second-order valence-corrected chi connectivity index (χ2v) is 12.8. The Bertz CT molecular complexity index is 924. The summed E-state index contributed by atoms with van der Waals surface area (Å²) in [5, 5.41) is 20.0. The maximum Gasteiger partial charge on any atom is 0.469 e. The number of aliphatic hydroxyl groups is 2. The van der Waals surface area contributed by atoms with Gasteiger partial charge in [0.1, 0.15) is 6.61 Å². The van der Waals surface area contributed by atoms with Gasteiger partial charge in [-0.3, -0.25) is 14.1 Å². The first-order chi connectivity index (χ1) is 22.1. The molecule has 0 bridgehead atoms. The van der Waals surface area contributed by atoms with Crippen LogP contribution in [0.1, 0.15) is 129 Å². The highest BCUT2D eigenvalue weighted by Crippen LogP contribution is 2.35. The SMILES string of the molecule is CCCCCCCCCCCC(=O)OC[C@H](COP(=O)(O)O)OC(=O)CCC[C@H](O)/C=C/C=C\C/C=C\C=C\[C@H](O)CCCCC. The Hall–Kier alpha value is -2.07. The second kappa shape index (κ2) is 30.3. The molecule has 0 aliphatic heterocycles. The summed E-state index contributed by atoms with van der Waals surface area (Å²) >= 11 is 0. The Labute approximate surface area is 277 Å². The number of allylic oxidation sites excluding steroid dienone is 6. The van der Waals surface area contributed by atoms with Gasteiger partial charge in [-0.1, -0.05) is 133 Å². The maximum atomic E-state index is 12.3. The molecule has 0 radical (unpaired) electrons. The maximum absolute atomic E-state index is 12.3. The van der Waals surface area contributed by atoms with Crippen LogP contribution in [0.3, 0.4) is 0 Å². The van der Waals surface area contributed by atoms with Crippen molar-refractivity contribution in [3.05, 3.63) is 48.6 Å². The summed E-state index contributed by atoms with van der Waals surface area (Å²) in [5.41, 5.74) is 0. The zero-order valence-corrected chi connectivity index (χ0v) is 29.1. The Morgan fingerprint density at radius 3 is 1.72 bits per heavy atom. The third-order valence-electron chi connectivity index (χ3n) is 7.06. The molecule has 0 saturated carbocycles. The van der Waals surface area contributed by atoms with E-state index >= 15 is 0 Å². The zero-order valence-electron chi connectivity index (χ0n) is 28.2. The van der Waals surface area contributed by atoms with Crippen LogP contribution in [0.2, 0.25) is 0 Å². The molecule has 0 fully saturated rings. The van der Waals surface area contributed by atoms with E-state index in [1.165, 1.54) is 32.1 Å². The van der Waals surface area contributed by atoms with Crippen molar-refractivity contribution in [2.75, 3.05) is 13.2 Å². The van der Waals surface area contributed by atoms with Crippen molar-refractivity contribution in [1.82, 2.24) is 0 Å². The topological polar surface area (TPSA) is 160 Å². The molecule has 0 heterocycles. The molecule has 3 atom stereocenters. The van der Waals surface area contributed by atoms with Crippen molar-refractivity contribution in [3.63, 3.8) is 0 Å². The number of hydrogen-bond acceptors (Lipinski definition) is 8. The number of carbonyl (C=O) groups excluding carboxylic acids is 2. The molecule has 0 aromatic carbocycles. The number of carbonyl (C=O) groups is 2. The quantitative estimate of drug-likeness (QED) is 0.0260. The molecule has 0 spiro atoms. The fraction of sp³-hybridized carbons (Fsp3) is 0.714. The zero-order chi connectivity index (χ0) is 34.3. The summed E-state index contributed by atoms with van der Waals surface area (Å²) in [5.74, 6) is -1.12. The number of phosphoric ester groups is 1. The monoisotopic (exact) mass is 672 g/mol. The fourth-order valence-electron chi connectivity index (χ4n) is 4.41. The summed E-state index contributed by atoms with van der Waals surface area (Å²) in [7, 11) is -4.81. The molecule has 0 rings (SSSR count). The lowest BCUT2D eigenvalue weighted by molar-refractivity contribution is -0.161. The van der Waals surface area contributed by atoms with Crippen molar-refractivity contribution < 1.29 is 48.2 Å². The van der Waals surface area contributed by atoms with Crippen LogP contribution in [-0.4, -0.2) is 63.5 Å². The minimum absolute atomic E-state index is 0.0366. The smallest absolute Gasteiger partial charge is 0.462 e. The van der Waals surface area contributed by atoms with E-state index in [9.17, 15) is 24.4 Å². The molecule has 0 aromatic rings. The summed E-state index contributed by atoms with van der Waals surface area (Å²) in [6, 6.07) is 0. The highest BCUT2D eigenvalue weighted by molar-refractivity contribution is 7.46. The lowest BCUT2D eigenvalue weighted by Crippen LogP contribution is -2.29. The standard InChI is InChI=1S/C35H61O10P/c1-3-5-7-8-9-10-14-17-21-27-34(38)43-29-33(30-44-46(40,41)42)45-35(39)28-22-26-32(37)25-20-16-13-11-12-15-19-24-31(36)23-18-6-4-2/h12-13,15-16,19-20,24-25,31-33,36-37H,3-11,14,17-18,21-23,26-30H2,1-2H3,(H2,40,41,42)/b15-12-,16-13-,24-19+,25-20+/t31-,32-,33-/m1/s1. The van der Waals surface area contributed by atoms with Gasteiger partial charge >= 0.3 is 19.8 Å². The van der Waals surface area contributed by atoms with Gasteiger partial charge in [-0.05, 0) is 32.1 Å². The molecule has 46 heavy (non-hydrogen) atoms. The molecule has 0 aromatic heterocycles. The first kappa shape index (κ1) is 43.9. The van der Waals surface area contributed by atoms with Crippen LogP contribution in [0.5, 0.6) is 0 Å². The number of esters is 2. The lowest BCUT2D eigenvalue weighted by Gasteiger charge is -2.18. The summed E-state index contributed by atoms with van der Waals surface area (Å²) in [6.45, 7) is 3.33. The van der Waals surface area contributed by atoms with E-state index in [0.29, 0.717) is 25.7 Å². The van der Waals surface area contributed by atoms with Crippen LogP contribution >= 0.6 is 7.82 Å². The van der Waals surface area contributed by atoms with Crippen LogP contribution in [0.15, 0.2) is 48.6 Å². The number of hydrogen-bond donors (Lipinski definition) is 4. The molecule has 0 unspecified atom stereocenters. The normalized spacial score (nSPS) is 14.5. The Morgan fingerprint density at radius 1 is 0.652 bits per heavy atom. The third kappa shape index (κ3) is 31.9. The van der Waals surface area contributed by atoms with Crippen molar-refractivity contribution in [2.24, 2.45) is 0 Å². The van der Waals surface area contributed by atoms with Gasteiger partial charge in [0.2, 0.25) is 0 Å². The second-order valence-electron chi connectivity index (χ2n) is 11.5. The van der Waals surface area contributed by atoms with Crippen LogP contribution in [0, 0.1) is 0 Å². The first-order valence-electron chi connectivity index (χ1n) is 17.1. The number of unbranched alkanes of at least 4 members (excludes halogenated alkanes) is 10. The van der Waals surface area contributed by atoms with Crippen LogP contribution < -0.4 is 0 Å². The average Bonchev–Trinajstić information content (AvgIpc) is 3.00. The van der Waals surface area contributed by atoms with Gasteiger partial charge in [-0.2, -0.15) is 0 Å². The molecule has 11 heteroatoms. The van der Waals surface area contributed by atoms with E-state index in [-0.39, 0.29) is 19.4 Å². The first-order valence-corrected chi connectivity index (χ1v) is 18.7. The summed E-state index contributed by atoms with van der Waals surface area (Å²) in [6.07, 6.45) is 27.8. The predicted molar refractivity (Wildman–Crippen MR) is 182 cm³/mol. The minimum Gasteiger partial charge on any atom is -0.462 e. The number of aliphatic hydroxyl groups excluding tert-OH is 2. The van der Waals surface area contributed by atoms with Crippen LogP contribution in [-0.2, 0) is 28.2 Å². The van der Waals surface area contributed by atoms with Gasteiger partial charge in [0.15, 0.2) is 6.10 Å².